The van der Waals surface area contributed by atoms with Crippen molar-refractivity contribution in [2.45, 2.75) is 77.6 Å². The van der Waals surface area contributed by atoms with Crippen LogP contribution in [-0.4, -0.2) is 5.94 Å². The number of carbonyl (C=O) groups excluding carboxylic acids is 1. The van der Waals surface area contributed by atoms with Gasteiger partial charge in [-0.25, -0.2) is 4.79 Å². The molecule has 0 radical (unpaired) electrons. The maximum Gasteiger partial charge on any atom is 0.120 e. The van der Waals surface area contributed by atoms with Crippen molar-refractivity contribution in [2.24, 2.45) is 0 Å². The molecular weight excluding hydrogens is 184 g/mol. The van der Waals surface area contributed by atoms with Crippen molar-refractivity contribution in [1.82, 2.24) is 0 Å². The highest BCUT2D eigenvalue weighted by Crippen LogP contribution is 2.10. The third-order valence-corrected chi connectivity index (χ3v) is 2.79. The van der Waals surface area contributed by atoms with Gasteiger partial charge in [0.05, 0.1) is 0 Å². The van der Waals surface area contributed by atoms with E-state index in [4.69, 9.17) is 0 Å². The molecule has 0 N–H and O–H groups in total. The van der Waals surface area contributed by atoms with E-state index in [0.717, 1.165) is 12.8 Å². The van der Waals surface area contributed by atoms with Gasteiger partial charge in [-0.05, 0) is 18.9 Å². The van der Waals surface area contributed by atoms with E-state index in [-0.39, 0.29) is 0 Å². The van der Waals surface area contributed by atoms with Crippen LogP contribution in [0.15, 0.2) is 6.08 Å². The zero-order valence-electron chi connectivity index (χ0n) is 10.3. The highest BCUT2D eigenvalue weighted by atomic mass is 16.1. The van der Waals surface area contributed by atoms with Gasteiger partial charge in [-0.15, -0.1) is 0 Å². The van der Waals surface area contributed by atoms with Crippen LogP contribution in [0.2, 0.25) is 0 Å². The summed E-state index contributed by atoms with van der Waals surface area (Å²) in [7, 11) is 0. The second kappa shape index (κ2) is 13.4. The Morgan fingerprint density at radius 2 is 1.27 bits per heavy atom. The lowest BCUT2D eigenvalue weighted by Crippen LogP contribution is -1.81. The topological polar surface area (TPSA) is 17.1 Å². The molecule has 15 heavy (non-hydrogen) atoms. The second-order valence-corrected chi connectivity index (χ2v) is 4.29. The van der Waals surface area contributed by atoms with Crippen LogP contribution in [0.3, 0.4) is 0 Å². The Hall–Kier alpha value is -0.550. The first-order chi connectivity index (χ1) is 7.41. The number of allylic oxidation sites excluding steroid dienone is 1. The van der Waals surface area contributed by atoms with Gasteiger partial charge in [-0.3, -0.25) is 0 Å². The van der Waals surface area contributed by atoms with Gasteiger partial charge in [0.15, 0.2) is 0 Å². The fraction of sp³-hybridized carbons (Fsp3) is 0.857. The summed E-state index contributed by atoms with van der Waals surface area (Å²) in [5.41, 5.74) is 0. The van der Waals surface area contributed by atoms with E-state index in [0.29, 0.717) is 0 Å². The Morgan fingerprint density at radius 1 is 0.800 bits per heavy atom. The van der Waals surface area contributed by atoms with E-state index < -0.39 is 0 Å². The largest absolute Gasteiger partial charge is 0.234 e. The molecular formula is C14H26O. The van der Waals surface area contributed by atoms with E-state index >= 15 is 0 Å². The lowest BCUT2D eigenvalue weighted by Gasteiger charge is -2.00. The molecule has 1 nitrogen and oxygen atoms in total. The molecule has 0 spiro atoms. The molecule has 0 aliphatic heterocycles. The highest BCUT2D eigenvalue weighted by Gasteiger charge is 1.91. The molecule has 1 heteroatoms. The van der Waals surface area contributed by atoms with Crippen molar-refractivity contribution in [1.29, 1.82) is 0 Å². The lowest BCUT2D eigenvalue weighted by molar-refractivity contribution is 0.555. The average Bonchev–Trinajstić information content (AvgIpc) is 2.26. The molecule has 0 amide bonds. The number of rotatable bonds is 11. The molecule has 0 saturated heterocycles. The summed E-state index contributed by atoms with van der Waals surface area (Å²) in [5.74, 6) is 1.82. The third kappa shape index (κ3) is 13.4. The van der Waals surface area contributed by atoms with Crippen molar-refractivity contribution in [3.63, 3.8) is 0 Å². The summed E-state index contributed by atoms with van der Waals surface area (Å²) in [6.45, 7) is 2.26. The van der Waals surface area contributed by atoms with Crippen molar-refractivity contribution in [3.8, 4) is 0 Å². The highest BCUT2D eigenvalue weighted by molar-refractivity contribution is 5.44. The van der Waals surface area contributed by atoms with Crippen LogP contribution >= 0.6 is 0 Å². The van der Waals surface area contributed by atoms with Crippen LogP contribution in [0, 0.1) is 0 Å². The van der Waals surface area contributed by atoms with Crippen molar-refractivity contribution >= 4 is 5.94 Å². The van der Waals surface area contributed by atoms with Crippen LogP contribution in [0.1, 0.15) is 77.6 Å². The lowest BCUT2D eigenvalue weighted by atomic mass is 10.1. The number of hydrogen-bond acceptors (Lipinski definition) is 1. The average molecular weight is 210 g/mol. The van der Waals surface area contributed by atoms with E-state index in [1.54, 1.807) is 6.08 Å². The minimum Gasteiger partial charge on any atom is -0.234 e. The molecule has 88 valence electrons. The van der Waals surface area contributed by atoms with E-state index in [2.05, 4.69) is 6.92 Å². The summed E-state index contributed by atoms with van der Waals surface area (Å²) in [5, 5.41) is 0. The normalized spacial score (nSPS) is 9.93. The molecule has 0 bridgehead atoms. The monoisotopic (exact) mass is 210 g/mol. The smallest absolute Gasteiger partial charge is 0.120 e. The molecule has 0 fully saturated rings. The number of hydrogen-bond donors (Lipinski definition) is 0. The standard InChI is InChI=1S/C14H26O/c1-2-3-4-5-6-7-8-9-10-11-12-13-14-15/h13H,2-12H2,1H3. The van der Waals surface area contributed by atoms with Crippen molar-refractivity contribution < 1.29 is 4.79 Å². The molecule has 0 unspecified atom stereocenters. The zero-order chi connectivity index (χ0) is 11.2. The van der Waals surface area contributed by atoms with E-state index in [1.807, 2.05) is 5.94 Å². The van der Waals surface area contributed by atoms with E-state index in [9.17, 15) is 4.79 Å². The Labute approximate surface area is 95.0 Å². The minimum atomic E-state index is 0.917. The van der Waals surface area contributed by atoms with Crippen LogP contribution in [-0.2, 0) is 4.79 Å². The van der Waals surface area contributed by atoms with Gasteiger partial charge in [0.2, 0.25) is 0 Å². The minimum absolute atomic E-state index is 0.917. The van der Waals surface area contributed by atoms with Gasteiger partial charge >= 0.3 is 0 Å². The molecule has 0 saturated carbocycles. The predicted octanol–water partition coefficient (Wildman–Crippen LogP) is 4.69. The van der Waals surface area contributed by atoms with Crippen LogP contribution < -0.4 is 0 Å². The molecule has 0 aliphatic rings. The van der Waals surface area contributed by atoms with Crippen LogP contribution in [0.5, 0.6) is 0 Å². The van der Waals surface area contributed by atoms with E-state index in [1.165, 1.54) is 57.8 Å². The molecule has 0 aromatic heterocycles. The molecule has 0 aromatic carbocycles. The Kier molecular flexibility index (Phi) is 13.0. The second-order valence-electron chi connectivity index (χ2n) is 4.29. The first kappa shape index (κ1) is 14.5. The predicted molar refractivity (Wildman–Crippen MR) is 66.7 cm³/mol. The molecule has 0 aromatic rings. The summed E-state index contributed by atoms with van der Waals surface area (Å²) in [6, 6.07) is 0. The Balaban J connectivity index is 2.89. The first-order valence-corrected chi connectivity index (χ1v) is 6.61. The Morgan fingerprint density at radius 3 is 1.73 bits per heavy atom. The maximum absolute atomic E-state index is 9.88. The van der Waals surface area contributed by atoms with Gasteiger partial charge in [0.25, 0.3) is 0 Å². The molecule has 0 atom stereocenters. The summed E-state index contributed by atoms with van der Waals surface area (Å²) in [6.07, 6.45) is 16.0. The quantitative estimate of drug-likeness (QED) is 0.357. The van der Waals surface area contributed by atoms with Gasteiger partial charge in [0.1, 0.15) is 5.94 Å². The Bertz CT molecular complexity index is 157. The zero-order valence-corrected chi connectivity index (χ0v) is 10.3. The van der Waals surface area contributed by atoms with Crippen molar-refractivity contribution in [2.75, 3.05) is 0 Å². The molecule has 0 aliphatic carbocycles. The SMILES string of the molecule is CCCCCCCCCCCCC=C=O. The van der Waals surface area contributed by atoms with Gasteiger partial charge < -0.3 is 0 Å². The fourth-order valence-electron chi connectivity index (χ4n) is 1.79. The summed E-state index contributed by atoms with van der Waals surface area (Å²) in [4.78, 5) is 9.88. The van der Waals surface area contributed by atoms with Crippen molar-refractivity contribution in [3.05, 3.63) is 6.08 Å². The molecule has 0 heterocycles. The number of unbranched alkanes of at least 4 members (excludes halogenated alkanes) is 10. The third-order valence-electron chi connectivity index (χ3n) is 2.79. The fourth-order valence-corrected chi connectivity index (χ4v) is 1.79. The first-order valence-electron chi connectivity index (χ1n) is 6.61. The summed E-state index contributed by atoms with van der Waals surface area (Å²) < 4.78 is 0. The summed E-state index contributed by atoms with van der Waals surface area (Å²) >= 11 is 0. The molecule has 0 rings (SSSR count). The van der Waals surface area contributed by atoms with Gasteiger partial charge in [-0.1, -0.05) is 64.7 Å². The maximum atomic E-state index is 9.88. The van der Waals surface area contributed by atoms with Gasteiger partial charge in [-0.2, -0.15) is 0 Å². The van der Waals surface area contributed by atoms with Gasteiger partial charge in [0, 0.05) is 0 Å². The van der Waals surface area contributed by atoms with Crippen LogP contribution in [0.4, 0.5) is 0 Å². The van der Waals surface area contributed by atoms with Crippen LogP contribution in [0.25, 0.3) is 0 Å².